The number of Topliss-reactive ketones (excluding diaryl/α,β-unsaturated/α-hetero) is 1. The number of methoxy groups -OCH3 is 1. The first-order valence-electron chi connectivity index (χ1n) is 9.28. The van der Waals surface area contributed by atoms with Crippen LogP contribution in [0.15, 0.2) is 11.2 Å². The second kappa shape index (κ2) is 8.29. The summed E-state index contributed by atoms with van der Waals surface area (Å²) in [5.41, 5.74) is 2.56. The predicted molar refractivity (Wildman–Crippen MR) is 103 cm³/mol. The molecule has 0 unspecified atom stereocenters. The average molecular weight is 391 g/mol. The molecule has 2 aromatic rings. The van der Waals surface area contributed by atoms with Crippen molar-refractivity contribution in [2.24, 2.45) is 0 Å². The number of nitrogens with zero attached hydrogens (tertiary/aromatic N) is 4. The Kier molecular flexibility index (Phi) is 6.04. The maximum absolute atomic E-state index is 12.8. The minimum absolute atomic E-state index is 0.0658. The molecule has 1 fully saturated rings. The largest absolute Gasteiger partial charge is 0.469 e. The van der Waals surface area contributed by atoms with Crippen LogP contribution in [0, 0.1) is 13.8 Å². The summed E-state index contributed by atoms with van der Waals surface area (Å²) in [7, 11) is 1.38. The number of hydrogen-bond acceptors (Lipinski definition) is 6. The highest BCUT2D eigenvalue weighted by molar-refractivity contribution is 7.99. The van der Waals surface area contributed by atoms with Gasteiger partial charge >= 0.3 is 5.97 Å². The van der Waals surface area contributed by atoms with E-state index in [1.807, 2.05) is 24.5 Å². The van der Waals surface area contributed by atoms with Gasteiger partial charge < -0.3 is 13.9 Å². The van der Waals surface area contributed by atoms with Crippen molar-refractivity contribution in [3.63, 3.8) is 0 Å². The number of hydrogen-bond donors (Lipinski definition) is 0. The lowest BCUT2D eigenvalue weighted by molar-refractivity contribution is -0.140. The Hall–Kier alpha value is -2.09. The molecule has 0 aliphatic heterocycles. The zero-order valence-corrected chi connectivity index (χ0v) is 17.1. The van der Waals surface area contributed by atoms with Crippen LogP contribution >= 0.6 is 11.8 Å². The third kappa shape index (κ3) is 4.26. The van der Waals surface area contributed by atoms with Gasteiger partial charge in [0.05, 0.1) is 19.3 Å². The van der Waals surface area contributed by atoms with E-state index in [0.29, 0.717) is 30.2 Å². The number of esters is 1. The summed E-state index contributed by atoms with van der Waals surface area (Å²) in [6.45, 7) is 7.28. The number of rotatable bonds is 9. The first-order valence-corrected chi connectivity index (χ1v) is 10.3. The van der Waals surface area contributed by atoms with Crippen LogP contribution in [0.3, 0.4) is 0 Å². The number of carbonyl (C=O) groups excluding carboxylic acids is 2. The topological polar surface area (TPSA) is 79.0 Å². The Bertz CT molecular complexity index is 852. The Morgan fingerprint density at radius 2 is 2.00 bits per heavy atom. The minimum atomic E-state index is -0.253. The Morgan fingerprint density at radius 1 is 1.26 bits per heavy atom. The lowest BCUT2D eigenvalue weighted by atomic mass is 10.2. The molecule has 2 aromatic heterocycles. The van der Waals surface area contributed by atoms with Crippen molar-refractivity contribution in [2.45, 2.75) is 64.2 Å². The fraction of sp³-hybridized carbons (Fsp3) is 0.579. The monoisotopic (exact) mass is 390 g/mol. The molecule has 1 aliphatic rings. The van der Waals surface area contributed by atoms with Crippen LogP contribution in [-0.4, -0.2) is 43.9 Å². The van der Waals surface area contributed by atoms with Crippen molar-refractivity contribution in [1.29, 1.82) is 0 Å². The Morgan fingerprint density at radius 3 is 2.63 bits per heavy atom. The highest BCUT2D eigenvalue weighted by Gasteiger charge is 2.30. The standard InChI is InChI=1S/C19H26N4O3S/c1-5-22-18(14-6-7-14)20-21-19(22)27-11-16(24)15-10-12(2)23(13(15)3)9-8-17(25)26-4/h10,14H,5-9,11H2,1-4H3. The van der Waals surface area contributed by atoms with Crippen LogP contribution in [0.5, 0.6) is 0 Å². The van der Waals surface area contributed by atoms with Gasteiger partial charge in [0.1, 0.15) is 5.82 Å². The smallest absolute Gasteiger partial charge is 0.307 e. The highest BCUT2D eigenvalue weighted by atomic mass is 32.2. The molecule has 3 rings (SSSR count). The lowest BCUT2D eigenvalue weighted by Gasteiger charge is -2.09. The summed E-state index contributed by atoms with van der Waals surface area (Å²) in [6, 6.07) is 1.90. The van der Waals surface area contributed by atoms with Gasteiger partial charge in [-0.3, -0.25) is 9.59 Å². The van der Waals surface area contributed by atoms with Crippen LogP contribution in [-0.2, 0) is 22.6 Å². The number of thioether (sulfide) groups is 1. The quantitative estimate of drug-likeness (QED) is 0.372. The molecule has 0 atom stereocenters. The molecule has 0 spiro atoms. The summed E-state index contributed by atoms with van der Waals surface area (Å²) < 4.78 is 8.82. The van der Waals surface area contributed by atoms with E-state index in [1.54, 1.807) is 0 Å². The van der Waals surface area contributed by atoms with Crippen molar-refractivity contribution in [2.75, 3.05) is 12.9 Å². The van der Waals surface area contributed by atoms with E-state index in [0.717, 1.165) is 28.9 Å². The lowest BCUT2D eigenvalue weighted by Crippen LogP contribution is -2.11. The predicted octanol–water partition coefficient (Wildman–Crippen LogP) is 3.13. The molecule has 0 saturated heterocycles. The average Bonchev–Trinajstić information content (AvgIpc) is 3.36. The van der Waals surface area contributed by atoms with Crippen molar-refractivity contribution in [3.8, 4) is 0 Å². The third-order valence-electron chi connectivity index (χ3n) is 4.98. The normalized spacial score (nSPS) is 13.8. The molecule has 146 valence electrons. The highest BCUT2D eigenvalue weighted by Crippen LogP contribution is 2.40. The number of carbonyl (C=O) groups is 2. The number of aromatic nitrogens is 4. The summed E-state index contributed by atoms with van der Waals surface area (Å²) >= 11 is 1.44. The maximum Gasteiger partial charge on any atom is 0.307 e. The molecular weight excluding hydrogens is 364 g/mol. The molecule has 8 heteroatoms. The number of ether oxygens (including phenoxy) is 1. The maximum atomic E-state index is 12.8. The molecule has 2 heterocycles. The molecule has 0 radical (unpaired) electrons. The van der Waals surface area contributed by atoms with Gasteiger partial charge in [0, 0.05) is 36.0 Å². The second-order valence-electron chi connectivity index (χ2n) is 6.83. The fourth-order valence-electron chi connectivity index (χ4n) is 3.29. The van der Waals surface area contributed by atoms with Crippen LogP contribution in [0.1, 0.15) is 59.7 Å². The second-order valence-corrected chi connectivity index (χ2v) is 7.78. The van der Waals surface area contributed by atoms with Crippen molar-refractivity contribution in [3.05, 3.63) is 28.8 Å². The van der Waals surface area contributed by atoms with Gasteiger partial charge in [-0.1, -0.05) is 11.8 Å². The first kappa shape index (κ1) is 19.7. The molecule has 0 bridgehead atoms. The van der Waals surface area contributed by atoms with Gasteiger partial charge in [0.15, 0.2) is 10.9 Å². The fourth-order valence-corrected chi connectivity index (χ4v) is 4.18. The van der Waals surface area contributed by atoms with E-state index in [1.165, 1.54) is 31.7 Å². The molecule has 1 saturated carbocycles. The third-order valence-corrected chi connectivity index (χ3v) is 5.94. The van der Waals surface area contributed by atoms with E-state index in [2.05, 4.69) is 21.7 Å². The zero-order chi connectivity index (χ0) is 19.6. The summed E-state index contributed by atoms with van der Waals surface area (Å²) in [6.07, 6.45) is 2.65. The van der Waals surface area contributed by atoms with Crippen LogP contribution in [0.25, 0.3) is 0 Å². The Labute approximate surface area is 163 Å². The summed E-state index contributed by atoms with van der Waals surface area (Å²) in [5.74, 6) is 1.72. The van der Waals surface area contributed by atoms with E-state index < -0.39 is 0 Å². The van der Waals surface area contributed by atoms with Gasteiger partial charge in [0.25, 0.3) is 0 Å². The van der Waals surface area contributed by atoms with Gasteiger partial charge in [0.2, 0.25) is 0 Å². The zero-order valence-electron chi connectivity index (χ0n) is 16.3. The van der Waals surface area contributed by atoms with Crippen molar-refractivity contribution >= 4 is 23.5 Å². The van der Waals surface area contributed by atoms with Gasteiger partial charge in [-0.2, -0.15) is 0 Å². The van der Waals surface area contributed by atoms with Crippen LogP contribution in [0.4, 0.5) is 0 Å². The van der Waals surface area contributed by atoms with Gasteiger partial charge in [-0.25, -0.2) is 0 Å². The van der Waals surface area contributed by atoms with Crippen LogP contribution in [0.2, 0.25) is 0 Å². The summed E-state index contributed by atoms with van der Waals surface area (Å²) in [5, 5.41) is 9.41. The van der Waals surface area contributed by atoms with Crippen molar-refractivity contribution < 1.29 is 14.3 Å². The molecule has 0 aromatic carbocycles. The molecule has 0 N–H and O–H groups in total. The van der Waals surface area contributed by atoms with E-state index in [9.17, 15) is 9.59 Å². The first-order chi connectivity index (χ1) is 13.0. The molecule has 27 heavy (non-hydrogen) atoms. The van der Waals surface area contributed by atoms with Crippen molar-refractivity contribution in [1.82, 2.24) is 19.3 Å². The molecule has 0 amide bonds. The molecular formula is C19H26N4O3S. The molecule has 7 nitrogen and oxygen atoms in total. The Balaban J connectivity index is 1.67. The molecule has 1 aliphatic carbocycles. The number of ketones is 1. The minimum Gasteiger partial charge on any atom is -0.469 e. The van der Waals surface area contributed by atoms with Crippen LogP contribution < -0.4 is 0 Å². The van der Waals surface area contributed by atoms with E-state index in [-0.39, 0.29) is 11.8 Å². The van der Waals surface area contributed by atoms with E-state index >= 15 is 0 Å². The van der Waals surface area contributed by atoms with E-state index in [4.69, 9.17) is 4.74 Å². The number of aryl methyl sites for hydroxylation is 1. The van der Waals surface area contributed by atoms with Gasteiger partial charge in [-0.05, 0) is 39.7 Å². The summed E-state index contributed by atoms with van der Waals surface area (Å²) in [4.78, 5) is 24.2. The van der Waals surface area contributed by atoms with Gasteiger partial charge in [-0.15, -0.1) is 10.2 Å². The SMILES string of the molecule is CCn1c(SCC(=O)c2cc(C)n(CCC(=O)OC)c2C)nnc1C1CC1.